The number of carbonyl (C=O) groups is 2. The van der Waals surface area contributed by atoms with Gasteiger partial charge in [0.15, 0.2) is 0 Å². The summed E-state index contributed by atoms with van der Waals surface area (Å²) in [6.45, 7) is 1.45. The van der Waals surface area contributed by atoms with Crippen LogP contribution in [0.1, 0.15) is 17.5 Å². The fourth-order valence-corrected chi connectivity index (χ4v) is 4.04. The summed E-state index contributed by atoms with van der Waals surface area (Å²) in [6, 6.07) is 12.1. The van der Waals surface area contributed by atoms with Gasteiger partial charge >= 0.3 is 0 Å². The van der Waals surface area contributed by atoms with Gasteiger partial charge in [-0.15, -0.1) is 11.3 Å². The number of rotatable bonds is 5. The molecule has 1 aliphatic rings. The quantitative estimate of drug-likeness (QED) is 0.756. The number of thiophene rings is 1. The second-order valence-corrected chi connectivity index (χ2v) is 7.49. The molecule has 2 aromatic heterocycles. The van der Waals surface area contributed by atoms with Crippen molar-refractivity contribution in [3.63, 3.8) is 0 Å². The lowest BCUT2D eigenvalue weighted by Crippen LogP contribution is -2.32. The van der Waals surface area contributed by atoms with Crippen LogP contribution in [0.3, 0.4) is 0 Å². The second kappa shape index (κ2) is 7.25. The van der Waals surface area contributed by atoms with Crippen molar-refractivity contribution < 1.29 is 9.59 Å². The molecular weight excluding hydrogens is 346 g/mol. The first kappa shape index (κ1) is 16.7. The number of pyridine rings is 1. The van der Waals surface area contributed by atoms with Crippen molar-refractivity contribution in [2.45, 2.75) is 19.5 Å². The molecule has 4 rings (SSSR count). The van der Waals surface area contributed by atoms with Gasteiger partial charge in [-0.1, -0.05) is 12.1 Å². The van der Waals surface area contributed by atoms with Gasteiger partial charge in [-0.3, -0.25) is 14.6 Å². The van der Waals surface area contributed by atoms with Gasteiger partial charge in [0.25, 0.3) is 0 Å². The molecule has 1 aliphatic heterocycles. The summed E-state index contributed by atoms with van der Waals surface area (Å²) in [7, 11) is 0. The lowest BCUT2D eigenvalue weighted by molar-refractivity contribution is -0.129. The van der Waals surface area contributed by atoms with E-state index in [1.807, 2.05) is 18.2 Å². The average molecular weight is 365 g/mol. The van der Waals surface area contributed by atoms with Crippen LogP contribution in [0.25, 0.3) is 10.1 Å². The van der Waals surface area contributed by atoms with Gasteiger partial charge in [-0.2, -0.15) is 0 Å². The predicted molar refractivity (Wildman–Crippen MR) is 101 cm³/mol. The van der Waals surface area contributed by atoms with Crippen LogP contribution in [-0.2, 0) is 22.7 Å². The molecule has 2 amide bonds. The smallest absolute Gasteiger partial charge is 0.225 e. The Labute approximate surface area is 155 Å². The van der Waals surface area contributed by atoms with Gasteiger partial charge in [-0.05, 0) is 46.2 Å². The lowest BCUT2D eigenvalue weighted by Gasteiger charge is -2.16. The minimum atomic E-state index is -0.288. The number of carbonyl (C=O) groups excluding carboxylic acids is 2. The van der Waals surface area contributed by atoms with E-state index in [0.717, 1.165) is 11.1 Å². The molecule has 0 bridgehead atoms. The van der Waals surface area contributed by atoms with E-state index < -0.39 is 0 Å². The molecule has 5 nitrogen and oxygen atoms in total. The Hall–Kier alpha value is -2.73. The van der Waals surface area contributed by atoms with Crippen molar-refractivity contribution in [1.82, 2.24) is 15.2 Å². The van der Waals surface area contributed by atoms with E-state index in [4.69, 9.17) is 0 Å². The Kier molecular flexibility index (Phi) is 4.67. The molecule has 0 aliphatic carbocycles. The van der Waals surface area contributed by atoms with Gasteiger partial charge in [0.05, 0.1) is 5.92 Å². The highest BCUT2D eigenvalue weighted by atomic mass is 32.1. The minimum Gasteiger partial charge on any atom is -0.352 e. The van der Waals surface area contributed by atoms with Gasteiger partial charge in [0.1, 0.15) is 0 Å². The fourth-order valence-electron chi connectivity index (χ4n) is 3.27. The summed E-state index contributed by atoms with van der Waals surface area (Å²) in [5.74, 6) is -0.324. The van der Waals surface area contributed by atoms with Crippen molar-refractivity contribution in [3.05, 3.63) is 65.3 Å². The van der Waals surface area contributed by atoms with Crippen molar-refractivity contribution in [2.75, 3.05) is 6.54 Å². The highest BCUT2D eigenvalue weighted by Gasteiger charge is 2.34. The molecule has 1 aromatic carbocycles. The summed E-state index contributed by atoms with van der Waals surface area (Å²) >= 11 is 1.71. The number of amides is 2. The Morgan fingerprint density at radius 2 is 2.19 bits per heavy atom. The molecule has 1 N–H and O–H groups in total. The number of nitrogens with zero attached hydrogens (tertiary/aromatic N) is 2. The zero-order valence-electron chi connectivity index (χ0n) is 14.2. The summed E-state index contributed by atoms with van der Waals surface area (Å²) in [5, 5.41) is 6.23. The van der Waals surface area contributed by atoms with Crippen LogP contribution in [0.4, 0.5) is 0 Å². The predicted octanol–water partition coefficient (Wildman–Crippen LogP) is 2.96. The van der Waals surface area contributed by atoms with Crippen LogP contribution in [0.5, 0.6) is 0 Å². The number of aromatic nitrogens is 1. The van der Waals surface area contributed by atoms with Crippen molar-refractivity contribution in [1.29, 1.82) is 0 Å². The number of likely N-dealkylation sites (tertiary alicyclic amines) is 1. The summed E-state index contributed by atoms with van der Waals surface area (Å²) in [4.78, 5) is 30.5. The van der Waals surface area contributed by atoms with Crippen LogP contribution in [0, 0.1) is 5.92 Å². The molecule has 3 aromatic rings. The zero-order valence-corrected chi connectivity index (χ0v) is 15.0. The molecular formula is C20H19N3O2S. The number of nitrogens with one attached hydrogen (secondary N) is 1. The molecule has 1 fully saturated rings. The van der Waals surface area contributed by atoms with E-state index in [1.165, 1.54) is 10.1 Å². The van der Waals surface area contributed by atoms with Crippen LogP contribution < -0.4 is 5.32 Å². The molecule has 132 valence electrons. The van der Waals surface area contributed by atoms with E-state index in [2.05, 4.69) is 33.9 Å². The van der Waals surface area contributed by atoms with Gasteiger partial charge in [0.2, 0.25) is 11.8 Å². The van der Waals surface area contributed by atoms with Crippen molar-refractivity contribution in [2.24, 2.45) is 5.92 Å². The second-order valence-electron chi connectivity index (χ2n) is 6.55. The molecule has 0 spiro atoms. The molecule has 1 unspecified atom stereocenters. The molecule has 0 radical (unpaired) electrons. The first-order valence-corrected chi connectivity index (χ1v) is 9.47. The van der Waals surface area contributed by atoms with E-state index in [0.29, 0.717) is 19.6 Å². The Morgan fingerprint density at radius 3 is 3.04 bits per heavy atom. The van der Waals surface area contributed by atoms with Gasteiger partial charge < -0.3 is 10.2 Å². The van der Waals surface area contributed by atoms with Crippen LogP contribution in [0.15, 0.2) is 54.2 Å². The Balaban J connectivity index is 1.34. The number of hydrogen-bond acceptors (Lipinski definition) is 4. The maximum atomic E-state index is 12.5. The highest BCUT2D eigenvalue weighted by Crippen LogP contribution is 2.23. The topological polar surface area (TPSA) is 62.3 Å². The first-order valence-electron chi connectivity index (χ1n) is 8.59. The fraction of sp³-hybridized carbons (Fsp3) is 0.250. The molecule has 6 heteroatoms. The Morgan fingerprint density at radius 1 is 1.27 bits per heavy atom. The van der Waals surface area contributed by atoms with Crippen LogP contribution in [0.2, 0.25) is 0 Å². The normalized spacial score (nSPS) is 17.0. The van der Waals surface area contributed by atoms with E-state index >= 15 is 0 Å². The molecule has 1 saturated heterocycles. The maximum Gasteiger partial charge on any atom is 0.225 e. The molecule has 3 heterocycles. The third-order valence-corrected chi connectivity index (χ3v) is 5.56. The highest BCUT2D eigenvalue weighted by molar-refractivity contribution is 7.17. The summed E-state index contributed by atoms with van der Waals surface area (Å²) in [6.07, 6.45) is 3.73. The maximum absolute atomic E-state index is 12.5. The van der Waals surface area contributed by atoms with Crippen LogP contribution in [-0.4, -0.2) is 28.2 Å². The molecule has 0 saturated carbocycles. The lowest BCUT2D eigenvalue weighted by atomic mass is 10.1. The summed E-state index contributed by atoms with van der Waals surface area (Å²) < 4.78 is 1.24. The molecule has 1 atom stereocenters. The van der Waals surface area contributed by atoms with E-state index in [-0.39, 0.29) is 24.2 Å². The minimum absolute atomic E-state index is 0.0219. The Bertz CT molecular complexity index is 938. The van der Waals surface area contributed by atoms with Crippen LogP contribution >= 0.6 is 11.3 Å². The van der Waals surface area contributed by atoms with Crippen molar-refractivity contribution >= 4 is 33.2 Å². The number of hydrogen-bond donors (Lipinski definition) is 1. The molecule has 26 heavy (non-hydrogen) atoms. The third kappa shape index (κ3) is 3.60. The average Bonchev–Trinajstić information content (AvgIpc) is 3.27. The van der Waals surface area contributed by atoms with Gasteiger partial charge in [-0.25, -0.2) is 0 Å². The standard InChI is InChI=1S/C20H19N3O2S/c24-19-9-17(13-23(19)12-15-2-1-6-21-10-15)20(25)22-11-14-3-4-18-16(8-14)5-7-26-18/h1-8,10,17H,9,11-13H2,(H,22,25). The number of fused-ring (bicyclic) bond motifs is 1. The first-order chi connectivity index (χ1) is 12.7. The van der Waals surface area contributed by atoms with Gasteiger partial charge in [0, 0.05) is 43.1 Å². The van der Waals surface area contributed by atoms with E-state index in [9.17, 15) is 9.59 Å². The summed E-state index contributed by atoms with van der Waals surface area (Å²) in [5.41, 5.74) is 2.05. The third-order valence-electron chi connectivity index (χ3n) is 4.67. The van der Waals surface area contributed by atoms with E-state index in [1.54, 1.807) is 28.6 Å². The monoisotopic (exact) mass is 365 g/mol. The number of benzene rings is 1. The largest absolute Gasteiger partial charge is 0.352 e. The van der Waals surface area contributed by atoms with Crippen molar-refractivity contribution in [3.8, 4) is 0 Å². The SMILES string of the molecule is O=C(NCc1ccc2sccc2c1)C1CC(=O)N(Cc2cccnc2)C1. The zero-order chi connectivity index (χ0) is 17.9.